The highest BCUT2D eigenvalue weighted by atomic mass is 79.9. The minimum absolute atomic E-state index is 0.0251. The number of aliphatic hydroxyl groups is 1. The second kappa shape index (κ2) is 6.10. The smallest absolute Gasteiger partial charge is 0.339 e. The van der Waals surface area contributed by atoms with Crippen LogP contribution in [-0.4, -0.2) is 24.8 Å². The lowest BCUT2D eigenvalue weighted by Crippen LogP contribution is -2.17. The van der Waals surface area contributed by atoms with E-state index in [4.69, 9.17) is 0 Å². The lowest BCUT2D eigenvalue weighted by molar-refractivity contribution is -0.153. The van der Waals surface area contributed by atoms with Gasteiger partial charge in [-0.15, -0.1) is 0 Å². The van der Waals surface area contributed by atoms with Crippen molar-refractivity contribution in [2.24, 2.45) is 0 Å². The van der Waals surface area contributed by atoms with Crippen LogP contribution >= 0.6 is 15.9 Å². The van der Waals surface area contributed by atoms with Gasteiger partial charge in [0.15, 0.2) is 17.7 Å². The molecule has 0 aliphatic rings. The standard InChI is InChI=1S/C11H11BrF2O4/c1-3-18-11(16)9(15)5-4-6(12)10(17-2)8(14)7(5)13/h4,9,15H,3H2,1-2H3. The monoisotopic (exact) mass is 324 g/mol. The fraction of sp³-hybridized carbons (Fsp3) is 0.364. The molecule has 100 valence electrons. The Balaban J connectivity index is 3.22. The molecule has 1 rings (SSSR count). The average molecular weight is 325 g/mol. The van der Waals surface area contributed by atoms with Gasteiger partial charge in [-0.2, -0.15) is 4.39 Å². The van der Waals surface area contributed by atoms with Gasteiger partial charge in [0.05, 0.1) is 18.2 Å². The van der Waals surface area contributed by atoms with E-state index in [1.54, 1.807) is 0 Å². The fourth-order valence-electron chi connectivity index (χ4n) is 1.33. The zero-order chi connectivity index (χ0) is 13.9. The second-order valence-electron chi connectivity index (χ2n) is 3.26. The molecule has 1 unspecified atom stereocenters. The van der Waals surface area contributed by atoms with E-state index < -0.39 is 29.3 Å². The van der Waals surface area contributed by atoms with Crippen LogP contribution in [0.2, 0.25) is 0 Å². The van der Waals surface area contributed by atoms with Gasteiger partial charge in [-0.25, -0.2) is 9.18 Å². The number of rotatable bonds is 4. The van der Waals surface area contributed by atoms with E-state index in [0.717, 1.165) is 6.07 Å². The third-order valence-corrected chi connectivity index (χ3v) is 2.74. The summed E-state index contributed by atoms with van der Waals surface area (Å²) in [5.74, 6) is -4.03. The van der Waals surface area contributed by atoms with Gasteiger partial charge in [0, 0.05) is 5.56 Å². The normalized spacial score (nSPS) is 12.1. The first-order valence-corrected chi connectivity index (χ1v) is 5.79. The van der Waals surface area contributed by atoms with Gasteiger partial charge in [0.1, 0.15) is 0 Å². The van der Waals surface area contributed by atoms with Crippen molar-refractivity contribution in [3.63, 3.8) is 0 Å². The molecule has 0 aliphatic heterocycles. The van der Waals surface area contributed by atoms with Gasteiger partial charge in [0.25, 0.3) is 0 Å². The molecule has 1 aromatic carbocycles. The van der Waals surface area contributed by atoms with Crippen molar-refractivity contribution in [1.82, 2.24) is 0 Å². The van der Waals surface area contributed by atoms with Crippen LogP contribution in [0.25, 0.3) is 0 Å². The number of ether oxygens (including phenoxy) is 2. The minimum atomic E-state index is -1.89. The maximum absolute atomic E-state index is 13.6. The molecule has 1 atom stereocenters. The van der Waals surface area contributed by atoms with Gasteiger partial charge in [-0.3, -0.25) is 0 Å². The SMILES string of the molecule is CCOC(=O)C(O)c1cc(Br)c(OC)c(F)c1F. The Morgan fingerprint density at radius 3 is 2.61 bits per heavy atom. The second-order valence-corrected chi connectivity index (χ2v) is 4.12. The van der Waals surface area contributed by atoms with Crippen molar-refractivity contribution in [2.75, 3.05) is 13.7 Å². The summed E-state index contributed by atoms with van der Waals surface area (Å²) in [5, 5.41) is 9.57. The highest BCUT2D eigenvalue weighted by Crippen LogP contribution is 2.34. The van der Waals surface area contributed by atoms with Gasteiger partial charge < -0.3 is 14.6 Å². The Morgan fingerprint density at radius 2 is 2.11 bits per heavy atom. The van der Waals surface area contributed by atoms with Crippen LogP contribution < -0.4 is 4.74 Å². The predicted octanol–water partition coefficient (Wildman–Crippen LogP) is 2.33. The summed E-state index contributed by atoms with van der Waals surface area (Å²) in [5.41, 5.74) is -0.515. The topological polar surface area (TPSA) is 55.8 Å². The maximum Gasteiger partial charge on any atom is 0.339 e. The highest BCUT2D eigenvalue weighted by Gasteiger charge is 2.27. The lowest BCUT2D eigenvalue weighted by Gasteiger charge is -2.14. The Bertz CT molecular complexity index is 465. The summed E-state index contributed by atoms with van der Waals surface area (Å²) >= 11 is 2.95. The van der Waals surface area contributed by atoms with E-state index >= 15 is 0 Å². The zero-order valence-corrected chi connectivity index (χ0v) is 11.3. The van der Waals surface area contributed by atoms with Crippen LogP contribution in [0.1, 0.15) is 18.6 Å². The molecule has 0 bridgehead atoms. The van der Waals surface area contributed by atoms with E-state index in [-0.39, 0.29) is 16.8 Å². The van der Waals surface area contributed by atoms with Gasteiger partial charge in [-0.05, 0) is 28.9 Å². The first-order valence-electron chi connectivity index (χ1n) is 5.00. The summed E-state index contributed by atoms with van der Waals surface area (Å²) in [6.07, 6.45) is -1.89. The van der Waals surface area contributed by atoms with Crippen molar-refractivity contribution in [2.45, 2.75) is 13.0 Å². The molecule has 0 heterocycles. The van der Waals surface area contributed by atoms with E-state index in [1.807, 2.05) is 0 Å². The van der Waals surface area contributed by atoms with Crippen LogP contribution in [0.3, 0.4) is 0 Å². The van der Waals surface area contributed by atoms with Gasteiger partial charge >= 0.3 is 5.97 Å². The molecule has 4 nitrogen and oxygen atoms in total. The van der Waals surface area contributed by atoms with Crippen LogP contribution in [0.4, 0.5) is 8.78 Å². The number of benzene rings is 1. The third kappa shape index (κ3) is 2.78. The number of methoxy groups -OCH3 is 1. The fourth-order valence-corrected chi connectivity index (χ4v) is 1.91. The summed E-state index contributed by atoms with van der Waals surface area (Å²) in [6.45, 7) is 1.56. The summed E-state index contributed by atoms with van der Waals surface area (Å²) < 4.78 is 36.4. The number of esters is 1. The van der Waals surface area contributed by atoms with Crippen LogP contribution in [0.15, 0.2) is 10.5 Å². The first-order chi connectivity index (χ1) is 8.43. The number of hydrogen-bond donors (Lipinski definition) is 1. The van der Waals surface area contributed by atoms with Gasteiger partial charge in [-0.1, -0.05) is 0 Å². The number of hydrogen-bond acceptors (Lipinski definition) is 4. The molecule has 0 saturated carbocycles. The molecule has 0 amide bonds. The van der Waals surface area contributed by atoms with Crippen molar-refractivity contribution in [1.29, 1.82) is 0 Å². The molecule has 1 aromatic rings. The number of carbonyl (C=O) groups excluding carboxylic acids is 1. The molecule has 0 radical (unpaired) electrons. The lowest BCUT2D eigenvalue weighted by atomic mass is 10.1. The summed E-state index contributed by atoms with van der Waals surface area (Å²) in [6, 6.07) is 1.07. The molecular weight excluding hydrogens is 314 g/mol. The van der Waals surface area contributed by atoms with Crippen LogP contribution in [0.5, 0.6) is 5.75 Å². The number of halogens is 3. The van der Waals surface area contributed by atoms with Crippen molar-refractivity contribution < 1.29 is 28.2 Å². The zero-order valence-electron chi connectivity index (χ0n) is 9.67. The molecule has 0 saturated heterocycles. The Labute approximate surface area is 111 Å². The van der Waals surface area contributed by atoms with Crippen molar-refractivity contribution in [3.8, 4) is 5.75 Å². The minimum Gasteiger partial charge on any atom is -0.492 e. The number of aliphatic hydroxyl groups excluding tert-OH is 1. The van der Waals surface area contributed by atoms with E-state index in [9.17, 15) is 18.7 Å². The summed E-state index contributed by atoms with van der Waals surface area (Å²) in [7, 11) is 1.17. The van der Waals surface area contributed by atoms with E-state index in [1.165, 1.54) is 14.0 Å². The molecule has 0 spiro atoms. The summed E-state index contributed by atoms with van der Waals surface area (Å²) in [4.78, 5) is 11.3. The Morgan fingerprint density at radius 1 is 1.50 bits per heavy atom. The van der Waals surface area contributed by atoms with E-state index in [0.29, 0.717) is 0 Å². The maximum atomic E-state index is 13.6. The molecule has 0 fully saturated rings. The van der Waals surface area contributed by atoms with Crippen molar-refractivity contribution >= 4 is 21.9 Å². The van der Waals surface area contributed by atoms with Crippen LogP contribution in [0, 0.1) is 11.6 Å². The Hall–Kier alpha value is -1.21. The third-order valence-electron chi connectivity index (χ3n) is 2.15. The largest absolute Gasteiger partial charge is 0.492 e. The van der Waals surface area contributed by atoms with Crippen LogP contribution in [-0.2, 0) is 9.53 Å². The highest BCUT2D eigenvalue weighted by molar-refractivity contribution is 9.10. The average Bonchev–Trinajstić information content (AvgIpc) is 2.34. The molecule has 1 N–H and O–H groups in total. The molecule has 18 heavy (non-hydrogen) atoms. The predicted molar refractivity (Wildman–Crippen MR) is 62.2 cm³/mol. The van der Waals surface area contributed by atoms with E-state index in [2.05, 4.69) is 25.4 Å². The quantitative estimate of drug-likeness (QED) is 0.682. The first kappa shape index (κ1) is 14.8. The molecule has 0 aromatic heterocycles. The molecule has 0 aliphatic carbocycles. The van der Waals surface area contributed by atoms with Gasteiger partial charge in [0.2, 0.25) is 5.82 Å². The Kier molecular flexibility index (Phi) is 5.03. The number of carbonyl (C=O) groups is 1. The molecular formula is C11H11BrF2O4. The molecule has 7 heteroatoms. The van der Waals surface area contributed by atoms with Crippen molar-refractivity contribution in [3.05, 3.63) is 27.7 Å².